The van der Waals surface area contributed by atoms with Crippen LogP contribution in [0.4, 0.5) is 11.4 Å². The monoisotopic (exact) mass is 447 g/mol. The van der Waals surface area contributed by atoms with Crippen LogP contribution in [0.5, 0.6) is 11.5 Å². The third-order valence-corrected chi connectivity index (χ3v) is 4.18. The second-order valence-electron chi connectivity index (χ2n) is 5.14. The number of anilines is 2. The van der Waals surface area contributed by atoms with Crippen molar-refractivity contribution in [3.63, 3.8) is 0 Å². The fraction of sp³-hybridized carbons (Fsp3) is 0.105. The number of allylic oxidation sites excluding steroid dienone is 1. The van der Waals surface area contributed by atoms with Crippen molar-refractivity contribution in [3.8, 4) is 17.6 Å². The number of nitriles is 1. The Morgan fingerprint density at radius 3 is 2.80 bits per heavy atom. The number of halogens is 1. The van der Waals surface area contributed by atoms with E-state index in [0.717, 1.165) is 5.56 Å². The summed E-state index contributed by atoms with van der Waals surface area (Å²) in [4.78, 5) is 0. The lowest BCUT2D eigenvalue weighted by atomic mass is 10.1. The predicted octanol–water partition coefficient (Wildman–Crippen LogP) is 4.51. The molecule has 25 heavy (non-hydrogen) atoms. The number of aromatic hydroxyl groups is 1. The second kappa shape index (κ2) is 8.44. The number of phenols is 1. The zero-order chi connectivity index (χ0) is 18.4. The highest BCUT2D eigenvalue weighted by molar-refractivity contribution is 14.1. The molecular formula is C19H18IN3O2. The van der Waals surface area contributed by atoms with E-state index in [1.165, 1.54) is 0 Å². The Morgan fingerprint density at radius 2 is 2.16 bits per heavy atom. The standard InChI is InChI=1S/C19H18IN3O2/c1-3-25-18-10-13(9-15(20)19(18)24)8-14(11-21)12(2)23-17-7-5-4-6-16(17)22/h4-10,23-24H,2-3,22H2,1H3. The molecule has 2 rings (SSSR count). The Labute approximate surface area is 160 Å². The van der Waals surface area contributed by atoms with Crippen LogP contribution < -0.4 is 15.8 Å². The minimum absolute atomic E-state index is 0.0899. The van der Waals surface area contributed by atoms with Gasteiger partial charge in [0.1, 0.15) is 6.07 Å². The highest BCUT2D eigenvalue weighted by Crippen LogP contribution is 2.33. The van der Waals surface area contributed by atoms with Crippen LogP contribution in [0.1, 0.15) is 12.5 Å². The van der Waals surface area contributed by atoms with E-state index in [0.29, 0.717) is 38.6 Å². The quantitative estimate of drug-likeness (QED) is 0.262. The van der Waals surface area contributed by atoms with Crippen molar-refractivity contribution in [1.82, 2.24) is 0 Å². The molecule has 0 radical (unpaired) electrons. The molecule has 2 aromatic carbocycles. The van der Waals surface area contributed by atoms with Crippen LogP contribution >= 0.6 is 22.6 Å². The number of nitrogens with two attached hydrogens (primary N) is 1. The van der Waals surface area contributed by atoms with E-state index in [2.05, 4.69) is 18.0 Å². The smallest absolute Gasteiger partial charge is 0.171 e. The molecule has 4 N–H and O–H groups in total. The first kappa shape index (κ1) is 18.7. The Balaban J connectivity index is 2.32. The molecule has 0 aliphatic carbocycles. The van der Waals surface area contributed by atoms with Gasteiger partial charge in [0.15, 0.2) is 11.5 Å². The number of hydrogen-bond acceptors (Lipinski definition) is 5. The van der Waals surface area contributed by atoms with Crippen LogP contribution in [0.15, 0.2) is 54.2 Å². The normalized spacial score (nSPS) is 10.8. The van der Waals surface area contributed by atoms with Gasteiger partial charge in [0.2, 0.25) is 0 Å². The number of phenolic OH excluding ortho intramolecular Hbond substituents is 1. The molecule has 2 aromatic rings. The molecular weight excluding hydrogens is 429 g/mol. The van der Waals surface area contributed by atoms with Crippen LogP contribution in [0.3, 0.4) is 0 Å². The van der Waals surface area contributed by atoms with Crippen molar-refractivity contribution < 1.29 is 9.84 Å². The van der Waals surface area contributed by atoms with E-state index in [-0.39, 0.29) is 5.75 Å². The molecule has 6 heteroatoms. The molecule has 0 aliphatic heterocycles. The lowest BCUT2D eigenvalue weighted by Crippen LogP contribution is -2.03. The Bertz CT molecular complexity index is 869. The summed E-state index contributed by atoms with van der Waals surface area (Å²) in [6.45, 7) is 6.19. The molecule has 0 saturated carbocycles. The fourth-order valence-corrected chi connectivity index (χ4v) is 2.76. The summed E-state index contributed by atoms with van der Waals surface area (Å²) in [6, 6.07) is 12.8. The summed E-state index contributed by atoms with van der Waals surface area (Å²) < 4.78 is 6.06. The minimum Gasteiger partial charge on any atom is -0.504 e. The number of ether oxygens (including phenoxy) is 1. The number of hydrogen-bond donors (Lipinski definition) is 3. The lowest BCUT2D eigenvalue weighted by molar-refractivity contribution is 0.317. The van der Waals surface area contributed by atoms with E-state index >= 15 is 0 Å². The molecule has 0 aliphatic rings. The van der Waals surface area contributed by atoms with Crippen molar-refractivity contribution in [2.24, 2.45) is 0 Å². The summed E-state index contributed by atoms with van der Waals surface area (Å²) in [7, 11) is 0. The third-order valence-electron chi connectivity index (χ3n) is 3.35. The van der Waals surface area contributed by atoms with Crippen LogP contribution in [-0.2, 0) is 0 Å². The summed E-state index contributed by atoms with van der Waals surface area (Å²) in [5, 5.41) is 22.5. The Morgan fingerprint density at radius 1 is 1.44 bits per heavy atom. The number of benzene rings is 2. The van der Waals surface area contributed by atoms with E-state index in [1.54, 1.807) is 24.3 Å². The molecule has 0 fully saturated rings. The highest BCUT2D eigenvalue weighted by Gasteiger charge is 2.10. The molecule has 0 heterocycles. The van der Waals surface area contributed by atoms with E-state index in [9.17, 15) is 10.4 Å². The van der Waals surface area contributed by atoms with Crippen molar-refractivity contribution in [1.29, 1.82) is 5.26 Å². The Hall–Kier alpha value is -2.66. The fourth-order valence-electron chi connectivity index (χ4n) is 2.14. The molecule has 0 amide bonds. The maximum atomic E-state index is 10.0. The van der Waals surface area contributed by atoms with Gasteiger partial charge in [0.25, 0.3) is 0 Å². The van der Waals surface area contributed by atoms with Crippen molar-refractivity contribution in [2.45, 2.75) is 6.92 Å². The highest BCUT2D eigenvalue weighted by atomic mass is 127. The SMILES string of the molecule is C=C(Nc1ccccc1N)C(C#N)=Cc1cc(I)c(O)c(OCC)c1. The predicted molar refractivity (Wildman–Crippen MR) is 109 cm³/mol. The van der Waals surface area contributed by atoms with Gasteiger partial charge < -0.3 is 20.9 Å². The van der Waals surface area contributed by atoms with Gasteiger partial charge in [0, 0.05) is 5.70 Å². The number of nitrogen functional groups attached to an aromatic ring is 1. The average molecular weight is 447 g/mol. The minimum atomic E-state index is 0.0899. The molecule has 128 valence electrons. The molecule has 5 nitrogen and oxygen atoms in total. The molecule has 0 saturated heterocycles. The van der Waals surface area contributed by atoms with Crippen LogP contribution in [0.25, 0.3) is 6.08 Å². The largest absolute Gasteiger partial charge is 0.504 e. The van der Waals surface area contributed by atoms with Crippen LogP contribution in [-0.4, -0.2) is 11.7 Å². The summed E-state index contributed by atoms with van der Waals surface area (Å²) >= 11 is 2.02. The maximum Gasteiger partial charge on any atom is 0.171 e. The zero-order valence-corrected chi connectivity index (χ0v) is 15.9. The lowest BCUT2D eigenvalue weighted by Gasteiger charge is -2.12. The first-order valence-electron chi connectivity index (χ1n) is 7.54. The van der Waals surface area contributed by atoms with Gasteiger partial charge in [0.05, 0.1) is 27.1 Å². The van der Waals surface area contributed by atoms with Gasteiger partial charge in [-0.1, -0.05) is 18.7 Å². The van der Waals surface area contributed by atoms with Crippen LogP contribution in [0.2, 0.25) is 0 Å². The van der Waals surface area contributed by atoms with Crippen molar-refractivity contribution in [3.05, 3.63) is 63.4 Å². The maximum absolute atomic E-state index is 10.0. The van der Waals surface area contributed by atoms with Crippen molar-refractivity contribution >= 4 is 40.0 Å². The number of nitrogens with one attached hydrogen (secondary N) is 1. The van der Waals surface area contributed by atoms with Gasteiger partial charge in [-0.2, -0.15) is 5.26 Å². The first-order valence-corrected chi connectivity index (χ1v) is 8.62. The van der Waals surface area contributed by atoms with Gasteiger partial charge in [-0.3, -0.25) is 0 Å². The molecule has 0 bridgehead atoms. The average Bonchev–Trinajstić information content (AvgIpc) is 2.59. The van der Waals surface area contributed by atoms with Crippen LogP contribution in [0, 0.1) is 14.9 Å². The zero-order valence-electron chi connectivity index (χ0n) is 13.7. The van der Waals surface area contributed by atoms with Crippen molar-refractivity contribution in [2.75, 3.05) is 17.7 Å². The van der Waals surface area contributed by atoms with Gasteiger partial charge in [-0.05, 0) is 65.4 Å². The first-order chi connectivity index (χ1) is 12.0. The van der Waals surface area contributed by atoms with Gasteiger partial charge in [-0.25, -0.2) is 0 Å². The molecule has 0 aromatic heterocycles. The summed E-state index contributed by atoms with van der Waals surface area (Å²) in [5.74, 6) is 0.468. The van der Waals surface area contributed by atoms with Gasteiger partial charge >= 0.3 is 0 Å². The number of rotatable bonds is 6. The molecule has 0 spiro atoms. The summed E-state index contributed by atoms with van der Waals surface area (Å²) in [6.07, 6.45) is 1.68. The molecule has 0 unspecified atom stereocenters. The van der Waals surface area contributed by atoms with E-state index in [1.807, 2.05) is 47.7 Å². The van der Waals surface area contributed by atoms with E-state index in [4.69, 9.17) is 10.5 Å². The topological polar surface area (TPSA) is 91.3 Å². The number of para-hydroxylation sites is 2. The van der Waals surface area contributed by atoms with E-state index < -0.39 is 0 Å². The Kier molecular flexibility index (Phi) is 6.31. The summed E-state index contributed by atoms with van der Waals surface area (Å²) in [5.41, 5.74) is 8.67. The second-order valence-corrected chi connectivity index (χ2v) is 6.31. The number of nitrogens with zero attached hydrogens (tertiary/aromatic N) is 1. The van der Waals surface area contributed by atoms with Gasteiger partial charge in [-0.15, -0.1) is 0 Å². The molecule has 0 atom stereocenters. The third kappa shape index (κ3) is 4.67.